The van der Waals surface area contributed by atoms with E-state index in [9.17, 15) is 9.18 Å². The molecule has 2 aromatic carbocycles. The first-order valence-corrected chi connectivity index (χ1v) is 14.8. The molecular weight excluding hydrogens is 499 g/mol. The Bertz CT molecular complexity index is 1020. The van der Waals surface area contributed by atoms with E-state index in [0.717, 1.165) is 37.3 Å². The van der Waals surface area contributed by atoms with Gasteiger partial charge in [-0.25, -0.2) is 9.18 Å². The predicted molar refractivity (Wildman–Crippen MR) is 164 cm³/mol. The summed E-state index contributed by atoms with van der Waals surface area (Å²) in [5.41, 5.74) is 2.08. The highest BCUT2D eigenvalue weighted by Gasteiger charge is 2.32. The fraction of sp³-hybridized carbons (Fsp3) is 0.457. The molecule has 4 rings (SSSR count). The number of rotatable bonds is 11. The third kappa shape index (κ3) is 11.1. The number of allylic oxidation sites excluding steroid dienone is 2. The third-order valence-corrected chi connectivity index (χ3v) is 8.19. The summed E-state index contributed by atoms with van der Waals surface area (Å²) in [5.74, 6) is 1.30. The van der Waals surface area contributed by atoms with Crippen LogP contribution in [0.5, 0.6) is 0 Å². The largest absolute Gasteiger partial charge is 0.445 e. The van der Waals surface area contributed by atoms with Gasteiger partial charge in [-0.2, -0.15) is 0 Å². The van der Waals surface area contributed by atoms with Gasteiger partial charge in [0.1, 0.15) is 12.4 Å². The van der Waals surface area contributed by atoms with Crippen molar-refractivity contribution >= 4 is 6.09 Å². The molecule has 2 fully saturated rings. The fourth-order valence-electron chi connectivity index (χ4n) is 5.74. The van der Waals surface area contributed by atoms with Crippen LogP contribution in [0, 0.1) is 17.7 Å². The average molecular weight is 547 g/mol. The molecule has 1 amide bonds. The van der Waals surface area contributed by atoms with Gasteiger partial charge in [-0.05, 0) is 93.1 Å². The molecule has 1 heterocycles. The number of hydrogen-bond donors (Lipinski definition) is 0. The molecule has 2 aliphatic rings. The van der Waals surface area contributed by atoms with Gasteiger partial charge in [0, 0.05) is 19.6 Å². The van der Waals surface area contributed by atoms with E-state index < -0.39 is 0 Å². The molecule has 0 N–H and O–H groups in total. The van der Waals surface area contributed by atoms with Gasteiger partial charge in [0.05, 0.1) is 0 Å². The molecule has 0 aromatic heterocycles. The summed E-state index contributed by atoms with van der Waals surface area (Å²) >= 11 is 0. The zero-order valence-corrected chi connectivity index (χ0v) is 24.2. The predicted octanol–water partition coefficient (Wildman–Crippen LogP) is 8.08. The Morgan fingerprint density at radius 3 is 2.25 bits per heavy atom. The quantitative estimate of drug-likeness (QED) is 0.267. The molecule has 1 saturated carbocycles. The van der Waals surface area contributed by atoms with E-state index in [0.29, 0.717) is 5.92 Å². The van der Waals surface area contributed by atoms with E-state index in [4.69, 9.17) is 4.74 Å². The third-order valence-electron chi connectivity index (χ3n) is 8.19. The number of nitrogens with zero attached hydrogens (tertiary/aromatic N) is 2. The normalized spacial score (nSPS) is 19.8. The van der Waals surface area contributed by atoms with Gasteiger partial charge in [-0.3, -0.25) is 0 Å². The van der Waals surface area contributed by atoms with Crippen molar-refractivity contribution in [1.82, 2.24) is 9.80 Å². The van der Waals surface area contributed by atoms with Crippen LogP contribution in [0.1, 0.15) is 50.5 Å². The Kier molecular flexibility index (Phi) is 13.7. The zero-order valence-electron chi connectivity index (χ0n) is 24.2. The highest BCUT2D eigenvalue weighted by molar-refractivity contribution is 5.68. The van der Waals surface area contributed by atoms with Crippen LogP contribution in [-0.4, -0.2) is 55.2 Å². The van der Waals surface area contributed by atoms with Crippen molar-refractivity contribution in [3.8, 4) is 0 Å². The molecule has 4 nitrogen and oxygen atoms in total. The number of likely N-dealkylation sites (tertiary alicyclic amines) is 1. The molecule has 5 heteroatoms. The minimum atomic E-state index is -0.260. The molecule has 1 saturated heterocycles. The minimum Gasteiger partial charge on any atom is -0.445 e. The van der Waals surface area contributed by atoms with Gasteiger partial charge in [-0.1, -0.05) is 86.3 Å². The lowest BCUT2D eigenvalue weighted by Crippen LogP contribution is -2.38. The van der Waals surface area contributed by atoms with Crippen molar-refractivity contribution < 1.29 is 13.9 Å². The summed E-state index contributed by atoms with van der Waals surface area (Å²) in [6.45, 7) is 11.1. The summed E-state index contributed by atoms with van der Waals surface area (Å²) in [7, 11) is 1.86. The second-order valence-electron chi connectivity index (χ2n) is 11.1. The molecule has 40 heavy (non-hydrogen) atoms. The fourth-order valence-corrected chi connectivity index (χ4v) is 5.74. The van der Waals surface area contributed by atoms with Gasteiger partial charge in [-0.15, -0.1) is 0 Å². The van der Waals surface area contributed by atoms with Gasteiger partial charge in [0.25, 0.3) is 0 Å². The molecule has 1 aliphatic heterocycles. The lowest BCUT2D eigenvalue weighted by molar-refractivity contribution is 0.104. The molecular formula is C35H47FN2O2. The van der Waals surface area contributed by atoms with Crippen LogP contribution in [0.25, 0.3) is 0 Å². The molecule has 1 aliphatic carbocycles. The van der Waals surface area contributed by atoms with Gasteiger partial charge >= 0.3 is 6.09 Å². The second kappa shape index (κ2) is 17.5. The molecule has 1 unspecified atom stereocenters. The van der Waals surface area contributed by atoms with E-state index in [1.165, 1.54) is 50.8 Å². The number of benzene rings is 2. The van der Waals surface area contributed by atoms with Gasteiger partial charge in [0.2, 0.25) is 0 Å². The van der Waals surface area contributed by atoms with E-state index in [1.807, 2.05) is 55.6 Å². The molecule has 0 spiro atoms. The maximum atomic E-state index is 13.0. The maximum Gasteiger partial charge on any atom is 0.410 e. The van der Waals surface area contributed by atoms with Crippen LogP contribution >= 0.6 is 0 Å². The van der Waals surface area contributed by atoms with Crippen molar-refractivity contribution in [1.29, 1.82) is 0 Å². The van der Waals surface area contributed by atoms with Crippen molar-refractivity contribution in [2.75, 3.05) is 33.3 Å². The van der Waals surface area contributed by atoms with Crippen molar-refractivity contribution in [3.63, 3.8) is 0 Å². The molecule has 2 atom stereocenters. The van der Waals surface area contributed by atoms with Crippen LogP contribution in [0.2, 0.25) is 0 Å². The van der Waals surface area contributed by atoms with E-state index >= 15 is 0 Å². The van der Waals surface area contributed by atoms with E-state index in [1.54, 1.807) is 35.3 Å². The average Bonchev–Trinajstić information content (AvgIpc) is 3.46. The van der Waals surface area contributed by atoms with Crippen molar-refractivity contribution in [2.24, 2.45) is 11.8 Å². The Morgan fingerprint density at radius 2 is 1.65 bits per heavy atom. The Hall–Kier alpha value is -3.18. The molecule has 2 aromatic rings. The summed E-state index contributed by atoms with van der Waals surface area (Å²) in [6, 6.07) is 19.2. The summed E-state index contributed by atoms with van der Waals surface area (Å²) in [6.07, 6.45) is 14.2. The van der Waals surface area contributed by atoms with Crippen LogP contribution in [0.3, 0.4) is 0 Å². The topological polar surface area (TPSA) is 32.8 Å². The number of ether oxygens (including phenoxy) is 1. The number of carbonyl (C=O) groups is 1. The number of amides is 1. The summed E-state index contributed by atoms with van der Waals surface area (Å²) in [4.78, 5) is 16.9. The van der Waals surface area contributed by atoms with Crippen LogP contribution in [0.4, 0.5) is 9.18 Å². The first kappa shape index (κ1) is 31.3. The van der Waals surface area contributed by atoms with Gasteiger partial charge in [0.15, 0.2) is 0 Å². The molecule has 216 valence electrons. The standard InChI is InChI=1S/C29H41FN2O2.C6H6/c1-4-7-23(5-2)22-34-29(33)31(3)28-15-12-26(20-28)21-32-18-16-25(17-19-32)9-6-8-24-10-13-27(30)14-11-24;1-2-4-6-5-3-1/h4-5,7,10-11,13-14,25-26,28H,1-2,6,8-9,12,15-22H2,3H3;1-6H/b23-7+;/t26-,28?;/m1./s1. The van der Waals surface area contributed by atoms with Crippen molar-refractivity contribution in [2.45, 2.75) is 57.4 Å². The van der Waals surface area contributed by atoms with Crippen LogP contribution in [-0.2, 0) is 11.2 Å². The highest BCUT2D eigenvalue weighted by Crippen LogP contribution is 2.31. The number of carbonyl (C=O) groups excluding carboxylic acids is 1. The number of halogens is 1. The monoisotopic (exact) mass is 546 g/mol. The lowest BCUT2D eigenvalue weighted by Gasteiger charge is -2.34. The summed E-state index contributed by atoms with van der Waals surface area (Å²) in [5, 5.41) is 0. The Morgan fingerprint density at radius 1 is 1.00 bits per heavy atom. The highest BCUT2D eigenvalue weighted by atomic mass is 19.1. The van der Waals surface area contributed by atoms with Crippen LogP contribution < -0.4 is 0 Å². The first-order valence-electron chi connectivity index (χ1n) is 14.8. The lowest BCUT2D eigenvalue weighted by atomic mass is 9.90. The zero-order chi connectivity index (χ0) is 28.6. The smallest absolute Gasteiger partial charge is 0.410 e. The number of piperidine rings is 1. The Labute approximate surface area is 241 Å². The Balaban J connectivity index is 0.000000649. The van der Waals surface area contributed by atoms with Crippen molar-refractivity contribution in [3.05, 3.63) is 109 Å². The van der Waals surface area contributed by atoms with Crippen LogP contribution in [0.15, 0.2) is 97.6 Å². The second-order valence-corrected chi connectivity index (χ2v) is 11.1. The maximum absolute atomic E-state index is 13.0. The van der Waals surface area contributed by atoms with E-state index in [-0.39, 0.29) is 24.6 Å². The number of aryl methyl sites for hydroxylation is 1. The molecule has 0 radical (unpaired) electrons. The SMILES string of the molecule is C=C/C=C(\C=C)COC(=O)N(C)C1CC[C@@H](CN2CCC(CCCc3ccc(F)cc3)CC2)C1.c1ccccc1. The first-order chi connectivity index (χ1) is 19.5. The van der Waals surface area contributed by atoms with Gasteiger partial charge < -0.3 is 14.5 Å². The minimum absolute atomic E-state index is 0.157. The summed E-state index contributed by atoms with van der Waals surface area (Å²) < 4.78 is 18.5. The number of hydrogen-bond acceptors (Lipinski definition) is 3. The molecule has 0 bridgehead atoms. The van der Waals surface area contributed by atoms with E-state index in [2.05, 4.69) is 18.1 Å².